The van der Waals surface area contributed by atoms with Crippen molar-refractivity contribution < 1.29 is 15.0 Å². The smallest absolute Gasteiger partial charge is 0.251 e. The molecule has 0 saturated heterocycles. The first-order valence-electron chi connectivity index (χ1n) is 6.40. The molecule has 0 spiro atoms. The van der Waals surface area contributed by atoms with Crippen molar-refractivity contribution in [2.24, 2.45) is 5.92 Å². The van der Waals surface area contributed by atoms with Crippen LogP contribution < -0.4 is 5.32 Å². The second-order valence-corrected chi connectivity index (χ2v) is 5.78. The number of hydrogen-bond donors (Lipinski definition) is 3. The van der Waals surface area contributed by atoms with E-state index in [1.807, 2.05) is 0 Å². The Hall–Kier alpha value is -1.55. The van der Waals surface area contributed by atoms with Crippen LogP contribution in [0.15, 0.2) is 24.3 Å². The highest BCUT2D eigenvalue weighted by molar-refractivity contribution is 5.94. The Balaban J connectivity index is 0.000000711. The van der Waals surface area contributed by atoms with Crippen LogP contribution in [0.3, 0.4) is 0 Å². The number of phenolic OH excluding ortho intramolecular Hbond substituents is 1. The number of benzene rings is 1. The van der Waals surface area contributed by atoms with Crippen molar-refractivity contribution in [1.82, 2.24) is 5.32 Å². The number of amides is 1. The summed E-state index contributed by atoms with van der Waals surface area (Å²) in [6, 6.07) is 5.94. The lowest BCUT2D eigenvalue weighted by Crippen LogP contribution is -2.46. The minimum absolute atomic E-state index is 0.118. The van der Waals surface area contributed by atoms with E-state index < -0.39 is 5.54 Å². The van der Waals surface area contributed by atoms with Gasteiger partial charge in [-0.2, -0.15) is 0 Å². The van der Waals surface area contributed by atoms with Crippen LogP contribution in [0.25, 0.3) is 0 Å². The third-order valence-corrected chi connectivity index (χ3v) is 1.98. The molecule has 0 aliphatic rings. The van der Waals surface area contributed by atoms with E-state index in [-0.39, 0.29) is 18.3 Å². The molecule has 0 radical (unpaired) electrons. The monoisotopic (exact) mass is 267 g/mol. The van der Waals surface area contributed by atoms with Gasteiger partial charge in [0.05, 0.1) is 12.1 Å². The average molecular weight is 267 g/mol. The van der Waals surface area contributed by atoms with Crippen molar-refractivity contribution in [3.63, 3.8) is 0 Å². The zero-order valence-electron chi connectivity index (χ0n) is 12.4. The SMILES string of the molecule is CC(C)(CO)NC(=O)c1ccc(O)cc1.CC(C)C. The topological polar surface area (TPSA) is 69.6 Å². The predicted octanol–water partition coefficient (Wildman–Crippen LogP) is 2.56. The minimum atomic E-state index is -0.644. The fraction of sp³-hybridized carbons (Fsp3) is 0.533. The summed E-state index contributed by atoms with van der Waals surface area (Å²) in [4.78, 5) is 11.6. The molecule has 3 N–H and O–H groups in total. The van der Waals surface area contributed by atoms with Crippen LogP contribution in [0, 0.1) is 5.92 Å². The molecule has 1 aromatic carbocycles. The van der Waals surface area contributed by atoms with E-state index in [2.05, 4.69) is 26.1 Å². The molecule has 0 heterocycles. The molecule has 0 atom stereocenters. The molecular formula is C15H25NO3. The highest BCUT2D eigenvalue weighted by atomic mass is 16.3. The Bertz CT molecular complexity index is 380. The Kier molecular flexibility index (Phi) is 7.16. The zero-order chi connectivity index (χ0) is 15.1. The summed E-state index contributed by atoms with van der Waals surface area (Å²) in [7, 11) is 0. The summed E-state index contributed by atoms with van der Waals surface area (Å²) in [6.07, 6.45) is 0. The largest absolute Gasteiger partial charge is 0.508 e. The van der Waals surface area contributed by atoms with Gasteiger partial charge in [-0.3, -0.25) is 4.79 Å². The summed E-state index contributed by atoms with van der Waals surface area (Å²) < 4.78 is 0. The molecule has 0 aliphatic heterocycles. The summed E-state index contributed by atoms with van der Waals surface area (Å²) in [5.41, 5.74) is -0.191. The summed E-state index contributed by atoms with van der Waals surface area (Å²) in [5.74, 6) is 0.682. The zero-order valence-corrected chi connectivity index (χ0v) is 12.4. The number of carbonyl (C=O) groups excluding carboxylic acids is 1. The molecule has 1 amide bonds. The number of aliphatic hydroxyl groups is 1. The maximum Gasteiger partial charge on any atom is 0.251 e. The van der Waals surface area contributed by atoms with E-state index >= 15 is 0 Å². The van der Waals surface area contributed by atoms with Crippen LogP contribution in [0.1, 0.15) is 45.0 Å². The van der Waals surface area contributed by atoms with E-state index in [9.17, 15) is 4.79 Å². The van der Waals surface area contributed by atoms with Crippen molar-refractivity contribution in [3.05, 3.63) is 29.8 Å². The molecule has 1 rings (SSSR count). The van der Waals surface area contributed by atoms with Crippen molar-refractivity contribution in [2.45, 2.75) is 40.2 Å². The third kappa shape index (κ3) is 8.21. The Labute approximate surface area is 115 Å². The average Bonchev–Trinajstić information content (AvgIpc) is 2.28. The number of phenols is 1. The standard InChI is InChI=1S/C11H15NO3.C4H10/c1-11(2,7-13)12-10(15)8-3-5-9(14)6-4-8;1-4(2)3/h3-6,13-14H,7H2,1-2H3,(H,12,15);4H,1-3H3. The fourth-order valence-corrected chi connectivity index (χ4v) is 1.03. The van der Waals surface area contributed by atoms with Crippen LogP contribution in [-0.4, -0.2) is 28.3 Å². The molecule has 1 aromatic rings. The molecule has 0 aliphatic carbocycles. The Morgan fingerprint density at radius 2 is 1.63 bits per heavy atom. The van der Waals surface area contributed by atoms with Gasteiger partial charge in [0, 0.05) is 5.56 Å². The van der Waals surface area contributed by atoms with E-state index in [0.717, 1.165) is 5.92 Å². The lowest BCUT2D eigenvalue weighted by Gasteiger charge is -2.23. The minimum Gasteiger partial charge on any atom is -0.508 e. The molecule has 0 unspecified atom stereocenters. The van der Waals surface area contributed by atoms with Gasteiger partial charge in [0.15, 0.2) is 0 Å². The summed E-state index contributed by atoms with van der Waals surface area (Å²) >= 11 is 0. The predicted molar refractivity (Wildman–Crippen MR) is 77.2 cm³/mol. The number of carbonyl (C=O) groups is 1. The van der Waals surface area contributed by atoms with Crippen molar-refractivity contribution >= 4 is 5.91 Å². The summed E-state index contributed by atoms with van der Waals surface area (Å²) in [6.45, 7) is 9.83. The lowest BCUT2D eigenvalue weighted by molar-refractivity contribution is 0.0869. The van der Waals surface area contributed by atoms with Gasteiger partial charge in [0.1, 0.15) is 5.75 Å². The van der Waals surface area contributed by atoms with Crippen molar-refractivity contribution in [2.75, 3.05) is 6.61 Å². The summed E-state index contributed by atoms with van der Waals surface area (Å²) in [5, 5.41) is 20.7. The van der Waals surface area contributed by atoms with Crippen LogP contribution in [-0.2, 0) is 0 Å². The maximum atomic E-state index is 11.6. The van der Waals surface area contributed by atoms with Crippen LogP contribution in [0.2, 0.25) is 0 Å². The number of aromatic hydroxyl groups is 1. The molecule has 108 valence electrons. The molecule has 4 heteroatoms. The van der Waals surface area contributed by atoms with Gasteiger partial charge in [-0.15, -0.1) is 0 Å². The lowest BCUT2D eigenvalue weighted by atomic mass is 10.1. The quantitative estimate of drug-likeness (QED) is 0.788. The Morgan fingerprint density at radius 1 is 1.21 bits per heavy atom. The number of hydrogen-bond acceptors (Lipinski definition) is 3. The van der Waals surface area contributed by atoms with E-state index in [4.69, 9.17) is 10.2 Å². The van der Waals surface area contributed by atoms with Crippen molar-refractivity contribution in [1.29, 1.82) is 0 Å². The second-order valence-electron chi connectivity index (χ2n) is 5.78. The van der Waals surface area contributed by atoms with Gasteiger partial charge in [-0.05, 0) is 44.0 Å². The first kappa shape index (κ1) is 17.4. The van der Waals surface area contributed by atoms with E-state index in [0.29, 0.717) is 5.56 Å². The maximum absolute atomic E-state index is 11.6. The third-order valence-electron chi connectivity index (χ3n) is 1.98. The van der Waals surface area contributed by atoms with Gasteiger partial charge < -0.3 is 15.5 Å². The second kappa shape index (κ2) is 7.79. The number of rotatable bonds is 3. The van der Waals surface area contributed by atoms with Gasteiger partial charge in [-0.25, -0.2) is 0 Å². The first-order chi connectivity index (χ1) is 8.68. The van der Waals surface area contributed by atoms with E-state index in [1.54, 1.807) is 13.8 Å². The van der Waals surface area contributed by atoms with Gasteiger partial charge in [0.25, 0.3) is 5.91 Å². The van der Waals surface area contributed by atoms with E-state index in [1.165, 1.54) is 24.3 Å². The number of nitrogens with one attached hydrogen (secondary N) is 1. The fourth-order valence-electron chi connectivity index (χ4n) is 1.03. The highest BCUT2D eigenvalue weighted by Crippen LogP contribution is 2.10. The molecule has 0 bridgehead atoms. The van der Waals surface area contributed by atoms with Gasteiger partial charge in [0.2, 0.25) is 0 Å². The van der Waals surface area contributed by atoms with Crippen molar-refractivity contribution in [3.8, 4) is 5.75 Å². The Morgan fingerprint density at radius 3 is 2.00 bits per heavy atom. The molecule has 19 heavy (non-hydrogen) atoms. The first-order valence-corrected chi connectivity index (χ1v) is 6.40. The molecular weight excluding hydrogens is 242 g/mol. The number of aliphatic hydroxyl groups excluding tert-OH is 1. The molecule has 0 saturated carbocycles. The molecule has 0 fully saturated rings. The van der Waals surface area contributed by atoms with Gasteiger partial charge >= 0.3 is 0 Å². The van der Waals surface area contributed by atoms with Crippen LogP contribution in [0.5, 0.6) is 5.75 Å². The van der Waals surface area contributed by atoms with Gasteiger partial charge in [-0.1, -0.05) is 20.8 Å². The molecule has 4 nitrogen and oxygen atoms in total. The van der Waals surface area contributed by atoms with Crippen LogP contribution >= 0.6 is 0 Å². The molecule has 0 aromatic heterocycles. The normalized spacial score (nSPS) is 10.7. The highest BCUT2D eigenvalue weighted by Gasteiger charge is 2.19. The van der Waals surface area contributed by atoms with Crippen LogP contribution in [0.4, 0.5) is 0 Å².